The molecule has 1 fully saturated rings. The highest BCUT2D eigenvalue weighted by Gasteiger charge is 2.34. The Balaban J connectivity index is 2.14. The summed E-state index contributed by atoms with van der Waals surface area (Å²) in [6, 6.07) is 8.73. The van der Waals surface area contributed by atoms with Crippen molar-refractivity contribution in [3.8, 4) is 0 Å². The lowest BCUT2D eigenvalue weighted by molar-refractivity contribution is -0.152. The van der Waals surface area contributed by atoms with Gasteiger partial charge in [-0.25, -0.2) is 0 Å². The Kier molecular flexibility index (Phi) is 3.41. The molecule has 18 heavy (non-hydrogen) atoms. The zero-order valence-electron chi connectivity index (χ0n) is 10.1. The van der Waals surface area contributed by atoms with Crippen molar-refractivity contribution in [1.29, 1.82) is 0 Å². The van der Waals surface area contributed by atoms with Crippen LogP contribution < -0.4 is 5.32 Å². The van der Waals surface area contributed by atoms with Crippen molar-refractivity contribution in [2.45, 2.75) is 19.4 Å². The van der Waals surface area contributed by atoms with Crippen LogP contribution >= 0.6 is 0 Å². The summed E-state index contributed by atoms with van der Waals surface area (Å²) in [5.41, 5.74) is 0.946. The van der Waals surface area contributed by atoms with Crippen molar-refractivity contribution in [3.63, 3.8) is 0 Å². The molecule has 94 valence electrons. The first-order valence-corrected chi connectivity index (χ1v) is 5.73. The Morgan fingerprint density at radius 1 is 1.33 bits per heavy atom. The molecule has 5 nitrogen and oxygen atoms in total. The molecule has 0 unspecified atom stereocenters. The van der Waals surface area contributed by atoms with Crippen LogP contribution in [0.15, 0.2) is 30.3 Å². The molecule has 0 saturated carbocycles. The standard InChI is InChI=1S/C13H14N2O3/c1-9(16)15-8-12(17)14-11(13(15)18)7-10-5-3-2-4-6-10/h2-6,11H,7-8H2,1H3,(H,14,17)/t11-/m0/s1. The molecule has 1 N–H and O–H groups in total. The molecular weight excluding hydrogens is 232 g/mol. The van der Waals surface area contributed by atoms with Crippen molar-refractivity contribution < 1.29 is 14.4 Å². The molecule has 0 aromatic heterocycles. The number of imide groups is 1. The summed E-state index contributed by atoms with van der Waals surface area (Å²) >= 11 is 0. The van der Waals surface area contributed by atoms with Crippen LogP contribution in [0.25, 0.3) is 0 Å². The van der Waals surface area contributed by atoms with Gasteiger partial charge in [-0.05, 0) is 5.56 Å². The van der Waals surface area contributed by atoms with Gasteiger partial charge >= 0.3 is 0 Å². The molecule has 1 aliphatic heterocycles. The van der Waals surface area contributed by atoms with Gasteiger partial charge in [0.25, 0.3) is 5.91 Å². The number of rotatable bonds is 2. The minimum Gasteiger partial charge on any atom is -0.342 e. The van der Waals surface area contributed by atoms with E-state index in [0.717, 1.165) is 10.5 Å². The molecule has 1 heterocycles. The molecule has 1 aliphatic rings. The molecule has 1 atom stereocenters. The zero-order chi connectivity index (χ0) is 13.1. The van der Waals surface area contributed by atoms with Crippen LogP contribution in [0.5, 0.6) is 0 Å². The molecule has 0 bridgehead atoms. The number of hydrogen-bond acceptors (Lipinski definition) is 3. The lowest BCUT2D eigenvalue weighted by Crippen LogP contribution is -2.59. The molecule has 1 aromatic rings. The summed E-state index contributed by atoms with van der Waals surface area (Å²) in [7, 11) is 0. The maximum Gasteiger partial charge on any atom is 0.252 e. The molecule has 0 spiro atoms. The number of hydrogen-bond donors (Lipinski definition) is 1. The fraction of sp³-hybridized carbons (Fsp3) is 0.308. The zero-order valence-corrected chi connectivity index (χ0v) is 10.1. The number of carbonyl (C=O) groups excluding carboxylic acids is 3. The summed E-state index contributed by atoms with van der Waals surface area (Å²) in [5, 5.41) is 2.62. The second kappa shape index (κ2) is 5.00. The third-order valence-corrected chi connectivity index (χ3v) is 2.86. The predicted molar refractivity (Wildman–Crippen MR) is 64.5 cm³/mol. The van der Waals surface area contributed by atoms with Crippen LogP contribution in [0.2, 0.25) is 0 Å². The van der Waals surface area contributed by atoms with Crippen LogP contribution in [-0.2, 0) is 20.8 Å². The van der Waals surface area contributed by atoms with Crippen LogP contribution in [0.4, 0.5) is 0 Å². The van der Waals surface area contributed by atoms with E-state index in [-0.39, 0.29) is 18.4 Å². The van der Waals surface area contributed by atoms with Gasteiger partial charge in [0.05, 0.1) is 0 Å². The van der Waals surface area contributed by atoms with Crippen molar-refractivity contribution in [1.82, 2.24) is 10.2 Å². The van der Waals surface area contributed by atoms with Gasteiger partial charge in [0.1, 0.15) is 12.6 Å². The Bertz CT molecular complexity index is 484. The molecule has 5 heteroatoms. The van der Waals surface area contributed by atoms with E-state index >= 15 is 0 Å². The quantitative estimate of drug-likeness (QED) is 0.805. The first-order valence-electron chi connectivity index (χ1n) is 5.73. The van der Waals surface area contributed by atoms with Gasteiger partial charge in [-0.1, -0.05) is 30.3 Å². The van der Waals surface area contributed by atoms with E-state index in [2.05, 4.69) is 5.32 Å². The molecular formula is C13H14N2O3. The number of carbonyl (C=O) groups is 3. The van der Waals surface area contributed by atoms with Gasteiger partial charge < -0.3 is 5.32 Å². The van der Waals surface area contributed by atoms with Crippen LogP contribution in [0, 0.1) is 0 Å². The van der Waals surface area contributed by atoms with Gasteiger partial charge in [-0.3, -0.25) is 19.3 Å². The molecule has 0 radical (unpaired) electrons. The molecule has 3 amide bonds. The van der Waals surface area contributed by atoms with E-state index in [9.17, 15) is 14.4 Å². The maximum atomic E-state index is 12.0. The second-order valence-corrected chi connectivity index (χ2v) is 4.25. The van der Waals surface area contributed by atoms with E-state index in [1.54, 1.807) is 0 Å². The largest absolute Gasteiger partial charge is 0.342 e. The van der Waals surface area contributed by atoms with Crippen molar-refractivity contribution in [2.24, 2.45) is 0 Å². The van der Waals surface area contributed by atoms with Gasteiger partial charge in [0.2, 0.25) is 11.8 Å². The highest BCUT2D eigenvalue weighted by Crippen LogP contribution is 2.09. The highest BCUT2D eigenvalue weighted by molar-refractivity contribution is 6.04. The third-order valence-electron chi connectivity index (χ3n) is 2.86. The smallest absolute Gasteiger partial charge is 0.252 e. The fourth-order valence-corrected chi connectivity index (χ4v) is 1.97. The van der Waals surface area contributed by atoms with Crippen molar-refractivity contribution >= 4 is 17.7 Å². The van der Waals surface area contributed by atoms with Crippen molar-refractivity contribution in [3.05, 3.63) is 35.9 Å². The lowest BCUT2D eigenvalue weighted by Gasteiger charge is -2.30. The normalized spacial score (nSPS) is 19.6. The Morgan fingerprint density at radius 2 is 2.00 bits per heavy atom. The summed E-state index contributed by atoms with van der Waals surface area (Å²) in [4.78, 5) is 35.7. The van der Waals surface area contributed by atoms with Gasteiger partial charge in [-0.15, -0.1) is 0 Å². The summed E-state index contributed by atoms with van der Waals surface area (Å²) in [6.45, 7) is 1.11. The van der Waals surface area contributed by atoms with Gasteiger partial charge in [0, 0.05) is 13.3 Å². The first kappa shape index (κ1) is 12.3. The second-order valence-electron chi connectivity index (χ2n) is 4.25. The Hall–Kier alpha value is -2.17. The first-order chi connectivity index (χ1) is 8.58. The Morgan fingerprint density at radius 3 is 2.61 bits per heavy atom. The molecule has 0 aliphatic carbocycles. The third kappa shape index (κ3) is 2.56. The van der Waals surface area contributed by atoms with E-state index in [1.807, 2.05) is 30.3 Å². The highest BCUT2D eigenvalue weighted by atomic mass is 16.2. The molecule has 1 aromatic carbocycles. The number of nitrogens with zero attached hydrogens (tertiary/aromatic N) is 1. The predicted octanol–water partition coefficient (Wildman–Crippen LogP) is 0.103. The fourth-order valence-electron chi connectivity index (χ4n) is 1.97. The average Bonchev–Trinajstić information content (AvgIpc) is 2.34. The SMILES string of the molecule is CC(=O)N1CC(=O)N[C@@H](Cc2ccccc2)C1=O. The van der Waals surface area contributed by atoms with Crippen LogP contribution in [-0.4, -0.2) is 35.2 Å². The van der Waals surface area contributed by atoms with Crippen molar-refractivity contribution in [2.75, 3.05) is 6.54 Å². The van der Waals surface area contributed by atoms with E-state index in [1.165, 1.54) is 6.92 Å². The summed E-state index contributed by atoms with van der Waals surface area (Å²) in [5.74, 6) is -1.04. The minimum absolute atomic E-state index is 0.181. The van der Waals surface area contributed by atoms with E-state index in [4.69, 9.17) is 0 Å². The summed E-state index contributed by atoms with van der Waals surface area (Å²) < 4.78 is 0. The maximum absolute atomic E-state index is 12.0. The number of piperazine rings is 1. The number of amides is 3. The number of nitrogens with one attached hydrogen (secondary N) is 1. The minimum atomic E-state index is -0.655. The number of benzene rings is 1. The van der Waals surface area contributed by atoms with Crippen LogP contribution in [0.3, 0.4) is 0 Å². The monoisotopic (exact) mass is 246 g/mol. The molecule has 1 saturated heterocycles. The van der Waals surface area contributed by atoms with Gasteiger partial charge in [-0.2, -0.15) is 0 Å². The average molecular weight is 246 g/mol. The summed E-state index contributed by atoms with van der Waals surface area (Å²) in [6.07, 6.45) is 0.398. The van der Waals surface area contributed by atoms with Crippen LogP contribution in [0.1, 0.15) is 12.5 Å². The lowest BCUT2D eigenvalue weighted by atomic mass is 10.0. The van der Waals surface area contributed by atoms with Gasteiger partial charge in [0.15, 0.2) is 0 Å². The molecule has 2 rings (SSSR count). The topological polar surface area (TPSA) is 66.5 Å². The van der Waals surface area contributed by atoms with E-state index in [0.29, 0.717) is 6.42 Å². The Labute approximate surface area is 105 Å². The van der Waals surface area contributed by atoms with E-state index < -0.39 is 11.9 Å².